The molecule has 0 bridgehead atoms. The molecule has 0 unspecified atom stereocenters. The van der Waals surface area contributed by atoms with Crippen molar-refractivity contribution in [1.29, 1.82) is 0 Å². The average Bonchev–Trinajstić information content (AvgIpc) is 3.46. The smallest absolute Gasteiger partial charge is 0.255 e. The molecule has 0 aliphatic rings. The molecule has 0 atom stereocenters. The molecule has 0 fully saturated rings. The van der Waals surface area contributed by atoms with Crippen molar-refractivity contribution in [3.8, 4) is 16.9 Å². The molecule has 0 saturated carbocycles. The monoisotopic (exact) mass is 405 g/mol. The largest absolute Gasteiger partial charge is 0.342 e. The zero-order valence-electron chi connectivity index (χ0n) is 16.4. The molecular formula is C21H20FN7O. The van der Waals surface area contributed by atoms with E-state index in [0.29, 0.717) is 17.8 Å². The van der Waals surface area contributed by atoms with E-state index in [0.717, 1.165) is 29.8 Å². The number of aromatic nitrogens is 6. The van der Waals surface area contributed by atoms with Crippen LogP contribution in [0.25, 0.3) is 16.9 Å². The zero-order valence-corrected chi connectivity index (χ0v) is 16.4. The average molecular weight is 405 g/mol. The van der Waals surface area contributed by atoms with E-state index in [1.807, 2.05) is 18.2 Å². The van der Waals surface area contributed by atoms with Crippen molar-refractivity contribution < 1.29 is 9.18 Å². The summed E-state index contributed by atoms with van der Waals surface area (Å²) >= 11 is 0. The number of aromatic amines is 1. The number of halogens is 1. The molecule has 9 heteroatoms. The number of tetrazole rings is 1. The molecule has 1 N–H and O–H groups in total. The number of rotatable bonds is 7. The van der Waals surface area contributed by atoms with Crippen LogP contribution >= 0.6 is 0 Å². The first-order chi connectivity index (χ1) is 14.6. The zero-order chi connectivity index (χ0) is 20.9. The molecule has 0 spiro atoms. The SMILES string of the molecule is CN(CCCc1cc(-c2ccc(F)cc2)n[nH]1)C(=O)c1ccccc1-n1cnnn1. The second-order valence-electron chi connectivity index (χ2n) is 6.89. The van der Waals surface area contributed by atoms with Crippen LogP contribution in [0.4, 0.5) is 4.39 Å². The van der Waals surface area contributed by atoms with E-state index in [1.165, 1.54) is 23.1 Å². The van der Waals surface area contributed by atoms with Crippen molar-refractivity contribution in [2.24, 2.45) is 0 Å². The van der Waals surface area contributed by atoms with E-state index in [4.69, 9.17) is 0 Å². The number of benzene rings is 2. The first-order valence-electron chi connectivity index (χ1n) is 9.50. The van der Waals surface area contributed by atoms with E-state index < -0.39 is 0 Å². The molecule has 30 heavy (non-hydrogen) atoms. The number of H-pyrrole nitrogens is 1. The fraction of sp³-hybridized carbons (Fsp3) is 0.190. The third-order valence-electron chi connectivity index (χ3n) is 4.79. The highest BCUT2D eigenvalue weighted by Gasteiger charge is 2.17. The van der Waals surface area contributed by atoms with Crippen LogP contribution in [-0.2, 0) is 6.42 Å². The lowest BCUT2D eigenvalue weighted by molar-refractivity contribution is 0.0793. The number of hydrogen-bond donors (Lipinski definition) is 1. The molecule has 2 aromatic carbocycles. The van der Waals surface area contributed by atoms with Gasteiger partial charge in [-0.3, -0.25) is 9.89 Å². The maximum Gasteiger partial charge on any atom is 0.255 e. The molecule has 4 rings (SSSR count). The molecule has 152 valence electrons. The van der Waals surface area contributed by atoms with Gasteiger partial charge in [-0.05, 0) is 65.7 Å². The van der Waals surface area contributed by atoms with Gasteiger partial charge in [0.1, 0.15) is 12.1 Å². The Hall–Kier alpha value is -3.88. The highest BCUT2D eigenvalue weighted by Crippen LogP contribution is 2.19. The summed E-state index contributed by atoms with van der Waals surface area (Å²) in [5, 5.41) is 18.4. The number of carbonyl (C=O) groups excluding carboxylic acids is 1. The Morgan fingerprint density at radius 3 is 2.73 bits per heavy atom. The molecule has 0 aliphatic carbocycles. The quantitative estimate of drug-likeness (QED) is 0.510. The van der Waals surface area contributed by atoms with Crippen molar-refractivity contribution >= 4 is 5.91 Å². The number of para-hydroxylation sites is 1. The normalized spacial score (nSPS) is 10.9. The van der Waals surface area contributed by atoms with Crippen LogP contribution in [0.5, 0.6) is 0 Å². The van der Waals surface area contributed by atoms with Crippen molar-refractivity contribution in [2.45, 2.75) is 12.8 Å². The van der Waals surface area contributed by atoms with Gasteiger partial charge < -0.3 is 4.90 Å². The molecule has 2 heterocycles. The summed E-state index contributed by atoms with van der Waals surface area (Å²) in [6, 6.07) is 15.4. The summed E-state index contributed by atoms with van der Waals surface area (Å²) in [5.74, 6) is -0.374. The second-order valence-corrected chi connectivity index (χ2v) is 6.89. The van der Waals surface area contributed by atoms with Crippen LogP contribution in [0, 0.1) is 5.82 Å². The van der Waals surface area contributed by atoms with Gasteiger partial charge in [0, 0.05) is 24.8 Å². The van der Waals surface area contributed by atoms with E-state index >= 15 is 0 Å². The summed E-state index contributed by atoms with van der Waals surface area (Å²) in [7, 11) is 1.77. The van der Waals surface area contributed by atoms with Crippen LogP contribution in [0.2, 0.25) is 0 Å². The van der Waals surface area contributed by atoms with Crippen LogP contribution < -0.4 is 0 Å². The lowest BCUT2D eigenvalue weighted by atomic mass is 10.1. The number of nitrogens with zero attached hydrogens (tertiary/aromatic N) is 6. The minimum absolute atomic E-state index is 0.0993. The number of aryl methyl sites for hydroxylation is 1. The predicted molar refractivity (Wildman–Crippen MR) is 108 cm³/mol. The fourth-order valence-corrected chi connectivity index (χ4v) is 3.20. The Balaban J connectivity index is 1.36. The van der Waals surface area contributed by atoms with Crippen LogP contribution in [-0.4, -0.2) is 54.8 Å². The molecule has 0 saturated heterocycles. The van der Waals surface area contributed by atoms with Gasteiger partial charge in [0.2, 0.25) is 0 Å². The molecule has 2 aromatic heterocycles. The highest BCUT2D eigenvalue weighted by molar-refractivity contribution is 5.97. The Kier molecular flexibility index (Phi) is 5.60. The van der Waals surface area contributed by atoms with Gasteiger partial charge >= 0.3 is 0 Å². The minimum atomic E-state index is -0.274. The van der Waals surface area contributed by atoms with Gasteiger partial charge in [-0.15, -0.1) is 5.10 Å². The van der Waals surface area contributed by atoms with E-state index in [9.17, 15) is 9.18 Å². The summed E-state index contributed by atoms with van der Waals surface area (Å²) in [4.78, 5) is 14.6. The number of nitrogens with one attached hydrogen (secondary N) is 1. The summed E-state index contributed by atoms with van der Waals surface area (Å²) in [5.41, 5.74) is 3.75. The van der Waals surface area contributed by atoms with Gasteiger partial charge in [0.25, 0.3) is 5.91 Å². The number of amides is 1. The maximum absolute atomic E-state index is 13.1. The van der Waals surface area contributed by atoms with Crippen molar-refractivity contribution in [2.75, 3.05) is 13.6 Å². The lowest BCUT2D eigenvalue weighted by Gasteiger charge is -2.18. The molecule has 1 amide bonds. The molecule has 4 aromatic rings. The van der Waals surface area contributed by atoms with Gasteiger partial charge in [-0.25, -0.2) is 4.39 Å². The molecule has 0 radical (unpaired) electrons. The standard InChI is InChI=1S/C21H20FN7O/c1-28(21(30)18-6-2-3-7-20(18)29-14-23-26-27-29)12-4-5-17-13-19(25-24-17)15-8-10-16(22)11-9-15/h2-3,6-11,13-14H,4-5,12H2,1H3,(H,24,25). The third-order valence-corrected chi connectivity index (χ3v) is 4.79. The minimum Gasteiger partial charge on any atom is -0.342 e. The van der Waals surface area contributed by atoms with E-state index in [1.54, 1.807) is 36.2 Å². The van der Waals surface area contributed by atoms with Crippen molar-refractivity contribution in [3.05, 3.63) is 78.0 Å². The van der Waals surface area contributed by atoms with Crippen LogP contribution in [0.1, 0.15) is 22.5 Å². The first-order valence-corrected chi connectivity index (χ1v) is 9.50. The Morgan fingerprint density at radius 2 is 1.97 bits per heavy atom. The second kappa shape index (κ2) is 8.64. The summed E-state index contributed by atoms with van der Waals surface area (Å²) < 4.78 is 14.5. The number of carbonyl (C=O) groups is 1. The Bertz CT molecular complexity index is 1120. The molecule has 8 nitrogen and oxygen atoms in total. The van der Waals surface area contributed by atoms with Gasteiger partial charge in [-0.2, -0.15) is 9.78 Å². The van der Waals surface area contributed by atoms with Gasteiger partial charge in [0.05, 0.1) is 16.9 Å². The topological polar surface area (TPSA) is 92.6 Å². The lowest BCUT2D eigenvalue weighted by Crippen LogP contribution is -2.29. The molecular weight excluding hydrogens is 385 g/mol. The van der Waals surface area contributed by atoms with Gasteiger partial charge in [-0.1, -0.05) is 12.1 Å². The fourth-order valence-electron chi connectivity index (χ4n) is 3.20. The van der Waals surface area contributed by atoms with E-state index in [-0.39, 0.29) is 11.7 Å². The maximum atomic E-state index is 13.1. The summed E-state index contributed by atoms with van der Waals surface area (Å²) in [6.45, 7) is 0.577. The van der Waals surface area contributed by atoms with Crippen LogP contribution in [0.3, 0.4) is 0 Å². The highest BCUT2D eigenvalue weighted by atomic mass is 19.1. The predicted octanol–water partition coefficient (Wildman–Crippen LogP) is 2.90. The number of hydrogen-bond acceptors (Lipinski definition) is 5. The molecule has 0 aliphatic heterocycles. The summed E-state index contributed by atoms with van der Waals surface area (Å²) in [6.07, 6.45) is 2.96. The van der Waals surface area contributed by atoms with Crippen molar-refractivity contribution in [1.82, 2.24) is 35.3 Å². The third kappa shape index (κ3) is 4.24. The van der Waals surface area contributed by atoms with Gasteiger partial charge in [0.15, 0.2) is 0 Å². The Morgan fingerprint density at radius 1 is 1.17 bits per heavy atom. The van der Waals surface area contributed by atoms with Crippen LogP contribution in [0.15, 0.2) is 60.9 Å². The van der Waals surface area contributed by atoms with E-state index in [2.05, 4.69) is 25.7 Å². The van der Waals surface area contributed by atoms with Crippen molar-refractivity contribution in [3.63, 3.8) is 0 Å². The first kappa shape index (κ1) is 19.4. The Labute approximate surface area is 172 Å².